The van der Waals surface area contributed by atoms with Crippen molar-refractivity contribution in [3.8, 4) is 11.3 Å². The highest BCUT2D eigenvalue weighted by molar-refractivity contribution is 5.78. The van der Waals surface area contributed by atoms with Gasteiger partial charge in [-0.05, 0) is 55.2 Å². The third-order valence-corrected chi connectivity index (χ3v) is 7.40. The summed E-state index contributed by atoms with van der Waals surface area (Å²) in [5.41, 5.74) is 5.73. The predicted molar refractivity (Wildman–Crippen MR) is 158 cm³/mol. The molecule has 1 saturated heterocycles. The topological polar surface area (TPSA) is 95.5 Å². The molecule has 2 aromatic heterocycles. The number of anilines is 2. The van der Waals surface area contributed by atoms with Crippen LogP contribution in [0.2, 0.25) is 0 Å². The van der Waals surface area contributed by atoms with E-state index < -0.39 is 12.8 Å². The minimum atomic E-state index is -4.38. The van der Waals surface area contributed by atoms with Crippen LogP contribution in [-0.4, -0.2) is 89.3 Å². The molecule has 0 spiro atoms. The Morgan fingerprint density at radius 2 is 1.86 bits per heavy atom. The van der Waals surface area contributed by atoms with Gasteiger partial charge in [-0.2, -0.15) is 13.2 Å². The Balaban J connectivity index is 1.33. The molecule has 0 atom stereocenters. The maximum absolute atomic E-state index is 12.7. The summed E-state index contributed by atoms with van der Waals surface area (Å²) in [7, 11) is 0. The van der Waals surface area contributed by atoms with Crippen molar-refractivity contribution in [2.24, 2.45) is 0 Å². The second-order valence-electron chi connectivity index (χ2n) is 10.8. The van der Waals surface area contributed by atoms with Crippen molar-refractivity contribution in [2.75, 3.05) is 57.8 Å². The van der Waals surface area contributed by atoms with E-state index >= 15 is 0 Å². The molecule has 1 amide bonds. The number of carbonyl (C=O) groups excluding carboxylic acids is 1. The van der Waals surface area contributed by atoms with E-state index in [0.29, 0.717) is 37.8 Å². The number of alkyl halides is 3. The van der Waals surface area contributed by atoms with Gasteiger partial charge in [0.15, 0.2) is 0 Å². The van der Waals surface area contributed by atoms with Crippen molar-refractivity contribution < 1.29 is 22.7 Å². The molecule has 5 aliphatic rings. The fourth-order valence-electron chi connectivity index (χ4n) is 5.11. The number of rotatable bonds is 4. The molecule has 0 radical (unpaired) electrons. The highest BCUT2D eigenvalue weighted by atomic mass is 19.4. The summed E-state index contributed by atoms with van der Waals surface area (Å²) < 4.78 is 42.5. The van der Waals surface area contributed by atoms with Crippen LogP contribution in [0.15, 0.2) is 66.5 Å². The van der Waals surface area contributed by atoms with Gasteiger partial charge in [0.1, 0.15) is 6.61 Å². The Morgan fingerprint density at radius 1 is 1.00 bits per heavy atom. The number of benzene rings is 1. The molecule has 3 aromatic rings. The number of nitrogens with one attached hydrogen (secondary N) is 2. The van der Waals surface area contributed by atoms with E-state index in [9.17, 15) is 18.0 Å². The minimum absolute atomic E-state index is 0.0637. The molecule has 1 aromatic carbocycles. The van der Waals surface area contributed by atoms with Crippen molar-refractivity contribution in [1.82, 2.24) is 30.1 Å². The predicted octanol–water partition coefficient (Wildman–Crippen LogP) is 4.36. The van der Waals surface area contributed by atoms with E-state index in [4.69, 9.17) is 4.74 Å². The van der Waals surface area contributed by atoms with Crippen molar-refractivity contribution in [1.29, 1.82) is 0 Å². The van der Waals surface area contributed by atoms with Crippen LogP contribution in [0.4, 0.5) is 24.8 Å². The van der Waals surface area contributed by atoms with Crippen molar-refractivity contribution in [3.63, 3.8) is 0 Å². The first-order chi connectivity index (χ1) is 20.8. The van der Waals surface area contributed by atoms with Gasteiger partial charge in [0, 0.05) is 62.9 Å². The zero-order valence-corrected chi connectivity index (χ0v) is 23.9. The molecule has 2 N–H and O–H groups in total. The number of hydrogen-bond donors (Lipinski definition) is 2. The van der Waals surface area contributed by atoms with Crippen LogP contribution in [0.25, 0.3) is 11.3 Å². The van der Waals surface area contributed by atoms with Crippen molar-refractivity contribution >= 4 is 17.5 Å². The van der Waals surface area contributed by atoms with Gasteiger partial charge in [0.05, 0.1) is 24.5 Å². The van der Waals surface area contributed by atoms with E-state index in [-0.39, 0.29) is 19.1 Å². The van der Waals surface area contributed by atoms with Gasteiger partial charge >= 0.3 is 6.18 Å². The lowest BCUT2D eigenvalue weighted by Gasteiger charge is -2.28. The number of pyridine rings is 1. The molecule has 0 unspecified atom stereocenters. The monoisotopic (exact) mass is 595 g/mol. The van der Waals surface area contributed by atoms with Gasteiger partial charge in [0.2, 0.25) is 11.9 Å². The fourth-order valence-corrected chi connectivity index (χ4v) is 5.11. The second kappa shape index (κ2) is 14.5. The van der Waals surface area contributed by atoms with Crippen LogP contribution < -0.4 is 10.6 Å². The molecule has 43 heavy (non-hydrogen) atoms. The Bertz CT molecular complexity index is 1390. The summed E-state index contributed by atoms with van der Waals surface area (Å²) >= 11 is 0. The molecule has 1 fully saturated rings. The molecule has 0 aliphatic carbocycles. The van der Waals surface area contributed by atoms with E-state index in [1.165, 1.54) is 11.1 Å². The summed E-state index contributed by atoms with van der Waals surface area (Å²) in [6.07, 6.45) is 3.99. The van der Waals surface area contributed by atoms with Gasteiger partial charge in [-0.1, -0.05) is 23.8 Å². The van der Waals surface area contributed by atoms with E-state index in [2.05, 4.69) is 48.7 Å². The Morgan fingerprint density at radius 3 is 2.65 bits per heavy atom. The van der Waals surface area contributed by atoms with Gasteiger partial charge < -0.3 is 15.4 Å². The molecular weight excluding hydrogens is 559 g/mol. The molecule has 228 valence electrons. The quantitative estimate of drug-likeness (QED) is 0.340. The van der Waals surface area contributed by atoms with E-state index in [1.807, 2.05) is 35.2 Å². The standard InChI is InChI=1S/C31H36F3N7O2/c32-31(33,34)22-43-17-16-41-15-12-35-29(42)21-40-13-9-23(10-14-40)4-5-24-2-1-3-26(18-24)38-30-36-11-8-28(39-30)25-6-7-27(20-41)37-19-25/h1-4,6-8,11,18-19H,5,9-10,12-17,20-22H2,(H,35,42)(H,36,38,39). The lowest BCUT2D eigenvalue weighted by Crippen LogP contribution is -2.43. The number of halogens is 3. The first kappa shape index (κ1) is 30.6. The maximum Gasteiger partial charge on any atom is 0.411 e. The molecular formula is C31H36F3N7O2. The average Bonchev–Trinajstić information content (AvgIpc) is 2.99. The summed E-state index contributed by atoms with van der Waals surface area (Å²) in [5.74, 6) is 0.414. The summed E-state index contributed by atoms with van der Waals surface area (Å²) in [5, 5.41) is 6.27. The third kappa shape index (κ3) is 9.84. The molecule has 9 nitrogen and oxygen atoms in total. The summed E-state index contributed by atoms with van der Waals surface area (Å²) in [6, 6.07) is 13.8. The van der Waals surface area contributed by atoms with Crippen LogP contribution in [0, 0.1) is 0 Å². The molecule has 12 heteroatoms. The lowest BCUT2D eigenvalue weighted by atomic mass is 10.0. The summed E-state index contributed by atoms with van der Waals surface area (Å²) in [4.78, 5) is 30.4. The largest absolute Gasteiger partial charge is 0.411 e. The SMILES string of the molecule is O=C1CN2CCC(=CCc3cccc(c3)Nc3nccc(n3)-c3ccc(nc3)CN(CCOCC(F)(F)F)CCN1)CC2. The zero-order chi connectivity index (χ0) is 30.1. The second-order valence-corrected chi connectivity index (χ2v) is 10.8. The third-order valence-electron chi connectivity index (χ3n) is 7.40. The molecule has 0 saturated carbocycles. The van der Waals surface area contributed by atoms with Gasteiger partial charge in [-0.15, -0.1) is 0 Å². The normalized spacial score (nSPS) is 18.8. The average molecular weight is 596 g/mol. The number of amides is 1. The smallest absolute Gasteiger partial charge is 0.371 e. The molecule has 8 bridgehead atoms. The zero-order valence-electron chi connectivity index (χ0n) is 23.9. The minimum Gasteiger partial charge on any atom is -0.371 e. The van der Waals surface area contributed by atoms with Gasteiger partial charge in [-0.25, -0.2) is 9.97 Å². The van der Waals surface area contributed by atoms with Crippen LogP contribution in [-0.2, 0) is 22.5 Å². The van der Waals surface area contributed by atoms with Gasteiger partial charge in [0.25, 0.3) is 0 Å². The van der Waals surface area contributed by atoms with Crippen molar-refractivity contribution in [3.05, 3.63) is 77.8 Å². The maximum atomic E-state index is 12.7. The van der Waals surface area contributed by atoms with E-state index in [1.54, 1.807) is 12.4 Å². The number of carbonyl (C=O) groups is 1. The Hall–Kier alpha value is -3.87. The molecule has 7 heterocycles. The number of ether oxygens (including phenoxy) is 1. The molecule has 8 rings (SSSR count). The first-order valence-corrected chi connectivity index (χ1v) is 14.5. The highest BCUT2D eigenvalue weighted by Crippen LogP contribution is 2.22. The van der Waals surface area contributed by atoms with Crippen molar-refractivity contribution in [2.45, 2.75) is 32.0 Å². The fraction of sp³-hybridized carbons (Fsp3) is 0.419. The number of hydrogen-bond acceptors (Lipinski definition) is 8. The van der Waals surface area contributed by atoms with Gasteiger partial charge in [-0.3, -0.25) is 19.6 Å². The number of allylic oxidation sites excluding steroid dienone is 1. The number of nitrogens with zero attached hydrogens (tertiary/aromatic N) is 5. The van der Waals surface area contributed by atoms with E-state index in [0.717, 1.165) is 49.3 Å². The van der Waals surface area contributed by atoms with Crippen LogP contribution >= 0.6 is 0 Å². The number of aromatic nitrogens is 3. The van der Waals surface area contributed by atoms with Crippen LogP contribution in [0.5, 0.6) is 0 Å². The highest BCUT2D eigenvalue weighted by Gasteiger charge is 2.27. The Kier molecular flexibility index (Phi) is 10.3. The lowest BCUT2D eigenvalue weighted by molar-refractivity contribution is -0.174. The first-order valence-electron chi connectivity index (χ1n) is 14.5. The number of piperidine rings is 1. The molecule has 5 aliphatic heterocycles. The van der Waals surface area contributed by atoms with Crippen LogP contribution in [0.1, 0.15) is 24.1 Å². The van der Waals surface area contributed by atoms with Crippen LogP contribution in [0.3, 0.4) is 0 Å². The Labute approximate surface area is 249 Å². The summed E-state index contributed by atoms with van der Waals surface area (Å²) in [6.45, 7) is 2.04.